The van der Waals surface area contributed by atoms with E-state index < -0.39 is 0 Å². The van der Waals surface area contributed by atoms with E-state index in [1.54, 1.807) is 30.4 Å². The van der Waals surface area contributed by atoms with E-state index in [2.05, 4.69) is 15.4 Å². The Labute approximate surface area is 113 Å². The van der Waals surface area contributed by atoms with Crippen molar-refractivity contribution in [3.63, 3.8) is 0 Å². The highest BCUT2D eigenvalue weighted by molar-refractivity contribution is 7.98. The van der Waals surface area contributed by atoms with Crippen molar-refractivity contribution in [3.8, 4) is 0 Å². The molecule has 5 nitrogen and oxygen atoms in total. The van der Waals surface area contributed by atoms with E-state index in [1.165, 1.54) is 11.3 Å². The van der Waals surface area contributed by atoms with E-state index >= 15 is 0 Å². The highest BCUT2D eigenvalue weighted by Crippen LogP contribution is 2.27. The van der Waals surface area contributed by atoms with E-state index in [0.717, 1.165) is 21.2 Å². The Morgan fingerprint density at radius 1 is 1.56 bits per heavy atom. The first-order valence-corrected chi connectivity index (χ1v) is 7.00. The number of aromatic nitrogens is 2. The maximum atomic E-state index is 11.4. The Balaban J connectivity index is 2.06. The number of nitrogens with two attached hydrogens (primary N) is 1. The lowest BCUT2D eigenvalue weighted by Gasteiger charge is -1.99. The molecule has 18 heavy (non-hydrogen) atoms. The van der Waals surface area contributed by atoms with Crippen molar-refractivity contribution in [2.75, 3.05) is 0 Å². The molecule has 2 aromatic heterocycles. The van der Waals surface area contributed by atoms with Crippen molar-refractivity contribution in [3.05, 3.63) is 40.0 Å². The number of hydrogen-bond acceptors (Lipinski definition) is 6. The van der Waals surface area contributed by atoms with Gasteiger partial charge in [-0.25, -0.2) is 10.8 Å². The average Bonchev–Trinajstić information content (AvgIpc) is 2.78. The number of hydrazine groups is 1. The van der Waals surface area contributed by atoms with Crippen LogP contribution >= 0.6 is 23.1 Å². The maximum Gasteiger partial charge on any atom is 0.275 e. The number of carbonyl (C=O) groups is 1. The highest BCUT2D eigenvalue weighted by Gasteiger charge is 2.11. The molecule has 94 valence electrons. The fraction of sp³-hybridized carbons (Fsp3) is 0.182. The predicted molar refractivity (Wildman–Crippen MR) is 72.3 cm³/mol. The smallest absolute Gasteiger partial charge is 0.275 e. The molecule has 0 bridgehead atoms. The Bertz CT molecular complexity index is 541. The van der Waals surface area contributed by atoms with Gasteiger partial charge in [0.1, 0.15) is 5.03 Å². The zero-order valence-electron chi connectivity index (χ0n) is 9.71. The molecule has 0 radical (unpaired) electrons. The van der Waals surface area contributed by atoms with Gasteiger partial charge in [-0.05, 0) is 18.6 Å². The van der Waals surface area contributed by atoms with Crippen LogP contribution < -0.4 is 11.3 Å². The minimum Gasteiger partial charge on any atom is -0.289 e. The van der Waals surface area contributed by atoms with Crippen molar-refractivity contribution >= 4 is 29.0 Å². The summed E-state index contributed by atoms with van der Waals surface area (Å²) in [5.74, 6) is 5.62. The van der Waals surface area contributed by atoms with Crippen LogP contribution in [-0.4, -0.2) is 15.9 Å². The van der Waals surface area contributed by atoms with Gasteiger partial charge in [-0.2, -0.15) is 0 Å². The fourth-order valence-corrected chi connectivity index (χ4v) is 3.27. The number of hydrogen-bond donors (Lipinski definition) is 2. The van der Waals surface area contributed by atoms with Crippen LogP contribution in [0.1, 0.15) is 20.1 Å². The van der Waals surface area contributed by atoms with Crippen LogP contribution in [0, 0.1) is 6.92 Å². The van der Waals surface area contributed by atoms with E-state index in [0.29, 0.717) is 4.88 Å². The molecule has 2 aromatic rings. The molecule has 0 aliphatic rings. The molecule has 2 rings (SSSR count). The molecule has 0 spiro atoms. The van der Waals surface area contributed by atoms with Crippen molar-refractivity contribution in [2.45, 2.75) is 17.7 Å². The standard InChI is InChI=1S/C11H12N4OS2/c1-7-8(4-9(18-7)11(16)15-12)6-17-10-5-13-2-3-14-10/h2-5H,6,12H2,1H3,(H,15,16). The Hall–Kier alpha value is -1.44. The molecule has 1 amide bonds. The number of rotatable bonds is 4. The van der Waals surface area contributed by atoms with Crippen molar-refractivity contribution in [2.24, 2.45) is 5.84 Å². The molecule has 0 fully saturated rings. The summed E-state index contributed by atoms with van der Waals surface area (Å²) in [6.45, 7) is 1.99. The van der Waals surface area contributed by atoms with E-state index in [4.69, 9.17) is 5.84 Å². The van der Waals surface area contributed by atoms with Crippen molar-refractivity contribution in [1.29, 1.82) is 0 Å². The second-order valence-corrected chi connectivity index (χ2v) is 5.75. The first-order valence-electron chi connectivity index (χ1n) is 5.19. The lowest BCUT2D eigenvalue weighted by molar-refractivity contribution is 0.0957. The Morgan fingerprint density at radius 3 is 3.06 bits per heavy atom. The largest absolute Gasteiger partial charge is 0.289 e. The van der Waals surface area contributed by atoms with Gasteiger partial charge in [-0.15, -0.1) is 23.1 Å². The van der Waals surface area contributed by atoms with Gasteiger partial charge in [0.25, 0.3) is 5.91 Å². The summed E-state index contributed by atoms with van der Waals surface area (Å²) in [5, 5.41) is 0.868. The molecule has 0 saturated heterocycles. The Morgan fingerprint density at radius 2 is 2.39 bits per heavy atom. The number of carbonyl (C=O) groups excluding carboxylic acids is 1. The minimum atomic E-state index is -0.251. The summed E-state index contributed by atoms with van der Waals surface area (Å²) in [6.07, 6.45) is 5.03. The first kappa shape index (κ1) is 13.0. The lowest BCUT2D eigenvalue weighted by atomic mass is 10.3. The topological polar surface area (TPSA) is 80.9 Å². The lowest BCUT2D eigenvalue weighted by Crippen LogP contribution is -2.29. The SMILES string of the molecule is Cc1sc(C(=O)NN)cc1CSc1cnccn1. The van der Waals surface area contributed by atoms with Crippen LogP contribution in [0.4, 0.5) is 0 Å². The Kier molecular flexibility index (Phi) is 4.29. The van der Waals surface area contributed by atoms with Crippen molar-refractivity contribution < 1.29 is 4.79 Å². The molecule has 0 aliphatic carbocycles. The van der Waals surface area contributed by atoms with Gasteiger partial charge in [0, 0.05) is 23.0 Å². The zero-order chi connectivity index (χ0) is 13.0. The van der Waals surface area contributed by atoms with Gasteiger partial charge in [-0.1, -0.05) is 0 Å². The van der Waals surface area contributed by atoms with Crippen LogP contribution in [0.3, 0.4) is 0 Å². The van der Waals surface area contributed by atoms with Gasteiger partial charge >= 0.3 is 0 Å². The number of nitrogens with zero attached hydrogens (tertiary/aromatic N) is 2. The van der Waals surface area contributed by atoms with E-state index in [1.807, 2.05) is 13.0 Å². The fourth-order valence-electron chi connectivity index (χ4n) is 1.36. The quantitative estimate of drug-likeness (QED) is 0.386. The number of thioether (sulfide) groups is 1. The van der Waals surface area contributed by atoms with E-state index in [9.17, 15) is 4.79 Å². The molecule has 0 aromatic carbocycles. The average molecular weight is 280 g/mol. The molecule has 3 N–H and O–H groups in total. The van der Waals surface area contributed by atoms with Crippen LogP contribution in [0.15, 0.2) is 29.7 Å². The number of nitrogens with one attached hydrogen (secondary N) is 1. The molecule has 2 heterocycles. The third-order valence-corrected chi connectivity index (χ3v) is 4.34. The summed E-state index contributed by atoms with van der Waals surface area (Å²) in [6, 6.07) is 1.87. The molecule has 7 heteroatoms. The van der Waals surface area contributed by atoms with Crippen molar-refractivity contribution in [1.82, 2.24) is 15.4 Å². The molecular formula is C11H12N4OS2. The second kappa shape index (κ2) is 5.94. The molecule has 0 unspecified atom stereocenters. The predicted octanol–water partition coefficient (Wildman–Crippen LogP) is 1.74. The van der Waals surface area contributed by atoms with Crippen LogP contribution in [0.5, 0.6) is 0 Å². The third-order valence-electron chi connectivity index (χ3n) is 2.29. The molecule has 0 aliphatic heterocycles. The summed E-state index contributed by atoms with van der Waals surface area (Å²) in [5.41, 5.74) is 3.26. The van der Waals surface area contributed by atoms with Crippen LogP contribution in [0.25, 0.3) is 0 Å². The monoisotopic (exact) mass is 280 g/mol. The zero-order valence-corrected chi connectivity index (χ0v) is 11.3. The van der Waals surface area contributed by atoms with Gasteiger partial charge < -0.3 is 0 Å². The van der Waals surface area contributed by atoms with Gasteiger partial charge in [-0.3, -0.25) is 15.2 Å². The first-order chi connectivity index (χ1) is 8.70. The minimum absolute atomic E-state index is 0.251. The number of amides is 1. The molecule has 0 saturated carbocycles. The van der Waals surface area contributed by atoms with Gasteiger partial charge in [0.05, 0.1) is 11.1 Å². The summed E-state index contributed by atoms with van der Waals surface area (Å²) in [7, 11) is 0. The highest BCUT2D eigenvalue weighted by atomic mass is 32.2. The summed E-state index contributed by atoms with van der Waals surface area (Å²) < 4.78 is 0. The van der Waals surface area contributed by atoms with Gasteiger partial charge in [0.2, 0.25) is 0 Å². The number of nitrogen functional groups attached to an aromatic ring is 1. The van der Waals surface area contributed by atoms with Crippen LogP contribution in [0.2, 0.25) is 0 Å². The molecular weight excluding hydrogens is 268 g/mol. The van der Waals surface area contributed by atoms with E-state index in [-0.39, 0.29) is 5.91 Å². The molecule has 0 atom stereocenters. The third kappa shape index (κ3) is 3.06. The maximum absolute atomic E-state index is 11.4. The normalized spacial score (nSPS) is 10.3. The van der Waals surface area contributed by atoms with Gasteiger partial charge in [0.15, 0.2) is 0 Å². The number of thiophene rings is 1. The second-order valence-electron chi connectivity index (χ2n) is 3.50. The van der Waals surface area contributed by atoms with Crippen LogP contribution in [-0.2, 0) is 5.75 Å². The summed E-state index contributed by atoms with van der Waals surface area (Å²) >= 11 is 3.03. The summed E-state index contributed by atoms with van der Waals surface area (Å²) in [4.78, 5) is 21.3. The number of aryl methyl sites for hydroxylation is 1.